The topological polar surface area (TPSA) is 3.24 Å². The molecule has 0 heterocycles. The summed E-state index contributed by atoms with van der Waals surface area (Å²) in [6.45, 7) is 3.30. The van der Waals surface area contributed by atoms with Crippen molar-refractivity contribution in [3.8, 4) is 0 Å². The Balaban J connectivity index is 0.00000180. The highest BCUT2D eigenvalue weighted by Gasteiger charge is 2.09. The Labute approximate surface area is 122 Å². The van der Waals surface area contributed by atoms with Crippen molar-refractivity contribution in [3.05, 3.63) is 71.8 Å². The second-order valence-corrected chi connectivity index (χ2v) is 4.94. The molecule has 0 fully saturated rings. The summed E-state index contributed by atoms with van der Waals surface area (Å²) in [6.07, 6.45) is 1.10. The highest BCUT2D eigenvalue weighted by Crippen LogP contribution is 2.10. The summed E-state index contributed by atoms with van der Waals surface area (Å²) >= 11 is 0. The normalized spacial score (nSPS) is 11.9. The largest absolute Gasteiger partial charge is 0.299 e. The Morgan fingerprint density at radius 3 is 1.84 bits per heavy atom. The predicted molar refractivity (Wildman–Crippen MR) is 84.8 cm³/mol. The maximum atomic E-state index is 2.41. The molecule has 0 radical (unpaired) electrons. The van der Waals surface area contributed by atoms with Gasteiger partial charge in [-0.2, -0.15) is 0 Å². The van der Waals surface area contributed by atoms with Gasteiger partial charge in [0.1, 0.15) is 0 Å². The summed E-state index contributed by atoms with van der Waals surface area (Å²) in [4.78, 5) is 2.41. The summed E-state index contributed by atoms with van der Waals surface area (Å²) in [5.41, 5.74) is 2.78. The molecule has 1 nitrogen and oxygen atoms in total. The van der Waals surface area contributed by atoms with Gasteiger partial charge >= 0.3 is 0 Å². The molecule has 2 aromatic carbocycles. The van der Waals surface area contributed by atoms with Crippen molar-refractivity contribution in [2.75, 3.05) is 7.05 Å². The molecule has 0 spiro atoms. The molecule has 2 heteroatoms. The Bertz CT molecular complexity index is 410. The van der Waals surface area contributed by atoms with Gasteiger partial charge in [-0.15, -0.1) is 12.4 Å². The van der Waals surface area contributed by atoms with Crippen LogP contribution in [0.15, 0.2) is 60.7 Å². The summed E-state index contributed by atoms with van der Waals surface area (Å²) in [5.74, 6) is 0. The number of rotatable bonds is 5. The molecule has 0 aromatic heterocycles. The van der Waals surface area contributed by atoms with E-state index in [-0.39, 0.29) is 12.4 Å². The van der Waals surface area contributed by atoms with Crippen LogP contribution in [0.25, 0.3) is 0 Å². The van der Waals surface area contributed by atoms with E-state index in [9.17, 15) is 0 Å². The molecule has 0 bridgehead atoms. The van der Waals surface area contributed by atoms with Gasteiger partial charge in [-0.25, -0.2) is 0 Å². The van der Waals surface area contributed by atoms with E-state index in [0.29, 0.717) is 6.04 Å². The first-order valence-corrected chi connectivity index (χ1v) is 6.54. The van der Waals surface area contributed by atoms with Crippen LogP contribution in [0, 0.1) is 0 Å². The monoisotopic (exact) mass is 275 g/mol. The van der Waals surface area contributed by atoms with Crippen molar-refractivity contribution in [1.82, 2.24) is 4.90 Å². The average molecular weight is 276 g/mol. The van der Waals surface area contributed by atoms with Gasteiger partial charge in [-0.1, -0.05) is 60.7 Å². The minimum atomic E-state index is 0. The van der Waals surface area contributed by atoms with Crippen LogP contribution >= 0.6 is 12.4 Å². The van der Waals surface area contributed by atoms with Crippen LogP contribution in [0.4, 0.5) is 0 Å². The zero-order valence-electron chi connectivity index (χ0n) is 11.6. The van der Waals surface area contributed by atoms with E-state index >= 15 is 0 Å². The van der Waals surface area contributed by atoms with E-state index < -0.39 is 0 Å². The summed E-state index contributed by atoms with van der Waals surface area (Å²) in [5, 5.41) is 0. The third-order valence-corrected chi connectivity index (χ3v) is 3.40. The first-order valence-electron chi connectivity index (χ1n) is 6.54. The zero-order valence-corrected chi connectivity index (χ0v) is 12.4. The number of nitrogens with zero attached hydrogens (tertiary/aromatic N) is 1. The van der Waals surface area contributed by atoms with E-state index in [1.807, 2.05) is 0 Å². The first-order chi connectivity index (χ1) is 8.75. The number of halogens is 1. The third-order valence-electron chi connectivity index (χ3n) is 3.40. The molecule has 0 saturated carbocycles. The fourth-order valence-electron chi connectivity index (χ4n) is 2.14. The quantitative estimate of drug-likeness (QED) is 0.792. The molecule has 0 unspecified atom stereocenters. The highest BCUT2D eigenvalue weighted by molar-refractivity contribution is 5.85. The second-order valence-electron chi connectivity index (χ2n) is 4.94. The average Bonchev–Trinajstić information content (AvgIpc) is 2.41. The van der Waals surface area contributed by atoms with Crippen molar-refractivity contribution in [3.63, 3.8) is 0 Å². The minimum absolute atomic E-state index is 0. The second kappa shape index (κ2) is 7.98. The molecule has 2 rings (SSSR count). The van der Waals surface area contributed by atoms with Crippen LogP contribution in [0.3, 0.4) is 0 Å². The molecule has 0 saturated heterocycles. The SMILES string of the molecule is C[C@H](Cc1ccccc1)N(C)Cc1ccccc1.Cl. The van der Waals surface area contributed by atoms with Crippen LogP contribution in [0.1, 0.15) is 18.1 Å². The predicted octanol–water partition coefficient (Wildman–Crippen LogP) is 4.17. The lowest BCUT2D eigenvalue weighted by atomic mass is 10.1. The fraction of sp³-hybridized carbons (Fsp3) is 0.294. The maximum absolute atomic E-state index is 2.41. The number of hydrogen-bond donors (Lipinski definition) is 0. The van der Waals surface area contributed by atoms with E-state index in [4.69, 9.17) is 0 Å². The van der Waals surface area contributed by atoms with Crippen molar-refractivity contribution in [2.45, 2.75) is 25.9 Å². The van der Waals surface area contributed by atoms with Crippen LogP contribution in [0.2, 0.25) is 0 Å². The van der Waals surface area contributed by atoms with E-state index in [2.05, 4.69) is 79.5 Å². The van der Waals surface area contributed by atoms with E-state index in [1.165, 1.54) is 11.1 Å². The van der Waals surface area contributed by atoms with E-state index in [0.717, 1.165) is 13.0 Å². The van der Waals surface area contributed by atoms with Gasteiger partial charge in [0, 0.05) is 12.6 Å². The lowest BCUT2D eigenvalue weighted by Gasteiger charge is -2.24. The lowest BCUT2D eigenvalue weighted by Crippen LogP contribution is -2.30. The van der Waals surface area contributed by atoms with Gasteiger partial charge in [0.25, 0.3) is 0 Å². The van der Waals surface area contributed by atoms with E-state index in [1.54, 1.807) is 0 Å². The molecule has 0 amide bonds. The highest BCUT2D eigenvalue weighted by atomic mass is 35.5. The van der Waals surface area contributed by atoms with Gasteiger partial charge in [0.15, 0.2) is 0 Å². The molecule has 0 N–H and O–H groups in total. The van der Waals surface area contributed by atoms with Crippen LogP contribution in [0.5, 0.6) is 0 Å². The van der Waals surface area contributed by atoms with Crippen molar-refractivity contribution in [2.24, 2.45) is 0 Å². The molecular weight excluding hydrogens is 254 g/mol. The fourth-order valence-corrected chi connectivity index (χ4v) is 2.14. The molecule has 0 aliphatic rings. The molecule has 0 aliphatic carbocycles. The number of hydrogen-bond acceptors (Lipinski definition) is 1. The third kappa shape index (κ3) is 5.06. The molecule has 1 atom stereocenters. The van der Waals surface area contributed by atoms with Gasteiger partial charge < -0.3 is 0 Å². The van der Waals surface area contributed by atoms with Crippen LogP contribution in [-0.2, 0) is 13.0 Å². The van der Waals surface area contributed by atoms with Crippen molar-refractivity contribution >= 4 is 12.4 Å². The van der Waals surface area contributed by atoms with Gasteiger partial charge in [0.05, 0.1) is 0 Å². The zero-order chi connectivity index (χ0) is 12.8. The number of benzene rings is 2. The van der Waals surface area contributed by atoms with Gasteiger partial charge in [-0.3, -0.25) is 4.90 Å². The Hall–Kier alpha value is -1.31. The van der Waals surface area contributed by atoms with Crippen molar-refractivity contribution in [1.29, 1.82) is 0 Å². The summed E-state index contributed by atoms with van der Waals surface area (Å²) in [7, 11) is 2.20. The first kappa shape index (κ1) is 15.7. The Morgan fingerprint density at radius 1 is 0.842 bits per heavy atom. The molecule has 102 valence electrons. The lowest BCUT2D eigenvalue weighted by molar-refractivity contribution is 0.248. The Morgan fingerprint density at radius 2 is 1.32 bits per heavy atom. The summed E-state index contributed by atoms with van der Waals surface area (Å²) < 4.78 is 0. The van der Waals surface area contributed by atoms with Crippen molar-refractivity contribution < 1.29 is 0 Å². The molecule has 2 aromatic rings. The summed E-state index contributed by atoms with van der Waals surface area (Å²) in [6, 6.07) is 21.9. The standard InChI is InChI=1S/C17H21N.ClH/c1-15(13-16-9-5-3-6-10-16)18(2)14-17-11-7-4-8-12-17;/h3-12,15H,13-14H2,1-2H3;1H/t15-;/m1./s1. The molecule has 0 aliphatic heterocycles. The smallest absolute Gasteiger partial charge is 0.0233 e. The number of likely N-dealkylation sites (N-methyl/N-ethyl adjacent to an activating group) is 1. The Kier molecular flexibility index (Phi) is 6.61. The maximum Gasteiger partial charge on any atom is 0.0233 e. The molecular formula is C17H22ClN. The van der Waals surface area contributed by atoms with Crippen LogP contribution in [-0.4, -0.2) is 18.0 Å². The van der Waals surface area contributed by atoms with Gasteiger partial charge in [-0.05, 0) is 31.5 Å². The van der Waals surface area contributed by atoms with Gasteiger partial charge in [0.2, 0.25) is 0 Å². The minimum Gasteiger partial charge on any atom is -0.299 e. The van der Waals surface area contributed by atoms with Crippen LogP contribution < -0.4 is 0 Å². The molecule has 19 heavy (non-hydrogen) atoms.